The number of hydrogen-bond donors (Lipinski definition) is 2. The SMILES string of the molecule is COCCNCCNC(=O)C(C)Oc1ccc(OC)cc1. The minimum Gasteiger partial charge on any atom is -0.497 e. The van der Waals surface area contributed by atoms with Gasteiger partial charge in [-0.1, -0.05) is 0 Å². The third-order valence-electron chi connectivity index (χ3n) is 2.83. The molecule has 0 fully saturated rings. The molecule has 1 unspecified atom stereocenters. The van der Waals surface area contributed by atoms with Crippen LogP contribution in [-0.4, -0.2) is 52.5 Å². The number of nitrogens with one attached hydrogen (secondary N) is 2. The minimum atomic E-state index is -0.544. The molecule has 0 aromatic heterocycles. The Labute approximate surface area is 125 Å². The molecule has 0 aliphatic heterocycles. The zero-order valence-electron chi connectivity index (χ0n) is 12.8. The molecule has 118 valence electrons. The Morgan fingerprint density at radius 3 is 2.38 bits per heavy atom. The van der Waals surface area contributed by atoms with Crippen LogP contribution >= 0.6 is 0 Å². The van der Waals surface area contributed by atoms with Crippen molar-refractivity contribution in [3.05, 3.63) is 24.3 Å². The summed E-state index contributed by atoms with van der Waals surface area (Å²) in [5.41, 5.74) is 0. The predicted octanol–water partition coefficient (Wildman–Crippen LogP) is 0.815. The molecule has 1 amide bonds. The molecule has 1 aromatic rings. The lowest BCUT2D eigenvalue weighted by atomic mass is 10.3. The Bertz CT molecular complexity index is 409. The van der Waals surface area contributed by atoms with Crippen molar-refractivity contribution in [2.75, 3.05) is 40.5 Å². The Morgan fingerprint density at radius 1 is 1.10 bits per heavy atom. The molecule has 0 heterocycles. The van der Waals surface area contributed by atoms with E-state index in [0.717, 1.165) is 12.3 Å². The van der Waals surface area contributed by atoms with Gasteiger partial charge in [0.2, 0.25) is 0 Å². The van der Waals surface area contributed by atoms with Crippen LogP contribution in [0.25, 0.3) is 0 Å². The maximum atomic E-state index is 11.8. The highest BCUT2D eigenvalue weighted by molar-refractivity contribution is 5.80. The molecule has 1 rings (SSSR count). The first kappa shape index (κ1) is 17.3. The first-order valence-corrected chi connectivity index (χ1v) is 6.95. The van der Waals surface area contributed by atoms with E-state index in [1.807, 2.05) is 0 Å². The van der Waals surface area contributed by atoms with Gasteiger partial charge in [-0.15, -0.1) is 0 Å². The molecule has 1 atom stereocenters. The highest BCUT2D eigenvalue weighted by atomic mass is 16.5. The number of amides is 1. The minimum absolute atomic E-state index is 0.139. The predicted molar refractivity (Wildman–Crippen MR) is 80.8 cm³/mol. The summed E-state index contributed by atoms with van der Waals surface area (Å²) in [5, 5.41) is 5.96. The molecule has 0 aliphatic rings. The van der Waals surface area contributed by atoms with E-state index >= 15 is 0 Å². The molecule has 0 bridgehead atoms. The molecule has 0 aliphatic carbocycles. The monoisotopic (exact) mass is 296 g/mol. The van der Waals surface area contributed by atoms with Crippen LogP contribution in [-0.2, 0) is 9.53 Å². The van der Waals surface area contributed by atoms with Crippen LogP contribution in [0.3, 0.4) is 0 Å². The van der Waals surface area contributed by atoms with Crippen molar-refractivity contribution in [1.29, 1.82) is 0 Å². The average Bonchev–Trinajstić information content (AvgIpc) is 2.51. The van der Waals surface area contributed by atoms with Crippen molar-refractivity contribution in [2.45, 2.75) is 13.0 Å². The van der Waals surface area contributed by atoms with Gasteiger partial charge >= 0.3 is 0 Å². The van der Waals surface area contributed by atoms with Crippen LogP contribution in [0.1, 0.15) is 6.92 Å². The van der Waals surface area contributed by atoms with Crippen molar-refractivity contribution < 1.29 is 19.0 Å². The molecule has 0 saturated heterocycles. The molecule has 1 aromatic carbocycles. The fraction of sp³-hybridized carbons (Fsp3) is 0.533. The molecule has 6 nitrogen and oxygen atoms in total. The molecule has 2 N–H and O–H groups in total. The first-order chi connectivity index (χ1) is 10.2. The Morgan fingerprint density at radius 2 is 1.76 bits per heavy atom. The van der Waals surface area contributed by atoms with Gasteiger partial charge < -0.3 is 24.8 Å². The van der Waals surface area contributed by atoms with E-state index in [2.05, 4.69) is 10.6 Å². The van der Waals surface area contributed by atoms with E-state index in [1.54, 1.807) is 45.4 Å². The summed E-state index contributed by atoms with van der Waals surface area (Å²) in [6.45, 7) is 4.40. The maximum Gasteiger partial charge on any atom is 0.260 e. The van der Waals surface area contributed by atoms with Crippen LogP contribution in [0.4, 0.5) is 0 Å². The van der Waals surface area contributed by atoms with Crippen LogP contribution in [0.2, 0.25) is 0 Å². The van der Waals surface area contributed by atoms with E-state index in [-0.39, 0.29) is 5.91 Å². The number of rotatable bonds is 10. The van der Waals surface area contributed by atoms with Crippen molar-refractivity contribution >= 4 is 5.91 Å². The van der Waals surface area contributed by atoms with Gasteiger partial charge in [-0.05, 0) is 31.2 Å². The molecule has 6 heteroatoms. The van der Waals surface area contributed by atoms with Crippen molar-refractivity contribution in [2.24, 2.45) is 0 Å². The maximum absolute atomic E-state index is 11.8. The fourth-order valence-corrected chi connectivity index (χ4v) is 1.63. The molecule has 0 spiro atoms. The summed E-state index contributed by atoms with van der Waals surface area (Å²) < 4.78 is 15.5. The molecule has 0 saturated carbocycles. The van der Waals surface area contributed by atoms with Crippen LogP contribution in [0.15, 0.2) is 24.3 Å². The number of hydrogen-bond acceptors (Lipinski definition) is 5. The van der Waals surface area contributed by atoms with Gasteiger partial charge in [-0.25, -0.2) is 0 Å². The zero-order valence-corrected chi connectivity index (χ0v) is 12.8. The van der Waals surface area contributed by atoms with E-state index in [1.165, 1.54) is 0 Å². The number of benzene rings is 1. The second-order valence-corrected chi connectivity index (χ2v) is 4.47. The van der Waals surface area contributed by atoms with E-state index < -0.39 is 6.10 Å². The lowest BCUT2D eigenvalue weighted by Gasteiger charge is -2.15. The van der Waals surface area contributed by atoms with Gasteiger partial charge in [-0.3, -0.25) is 4.79 Å². The largest absolute Gasteiger partial charge is 0.497 e. The van der Waals surface area contributed by atoms with Gasteiger partial charge in [0.1, 0.15) is 11.5 Å². The Balaban J connectivity index is 2.23. The highest BCUT2D eigenvalue weighted by Gasteiger charge is 2.13. The summed E-state index contributed by atoms with van der Waals surface area (Å²) in [6.07, 6.45) is -0.544. The third kappa shape index (κ3) is 6.97. The standard InChI is InChI=1S/C15H24N2O4/c1-12(15(18)17-9-8-16-10-11-19-2)21-14-6-4-13(20-3)5-7-14/h4-7,12,16H,8-11H2,1-3H3,(H,17,18). The lowest BCUT2D eigenvalue weighted by Crippen LogP contribution is -2.40. The number of ether oxygens (including phenoxy) is 3. The lowest BCUT2D eigenvalue weighted by molar-refractivity contribution is -0.127. The number of carbonyl (C=O) groups excluding carboxylic acids is 1. The quantitative estimate of drug-likeness (QED) is 0.626. The Hall–Kier alpha value is -1.79. The van der Waals surface area contributed by atoms with Crippen LogP contribution in [0, 0.1) is 0 Å². The van der Waals surface area contributed by atoms with Gasteiger partial charge in [0.15, 0.2) is 6.10 Å². The van der Waals surface area contributed by atoms with Crippen molar-refractivity contribution in [1.82, 2.24) is 10.6 Å². The van der Waals surface area contributed by atoms with Gasteiger partial charge in [0.25, 0.3) is 5.91 Å². The summed E-state index contributed by atoms with van der Waals surface area (Å²) in [4.78, 5) is 11.8. The summed E-state index contributed by atoms with van der Waals surface area (Å²) in [5.74, 6) is 1.25. The first-order valence-electron chi connectivity index (χ1n) is 6.95. The average molecular weight is 296 g/mol. The second kappa shape index (κ2) is 10.0. The van der Waals surface area contributed by atoms with Crippen molar-refractivity contribution in [3.63, 3.8) is 0 Å². The second-order valence-electron chi connectivity index (χ2n) is 4.47. The summed E-state index contributed by atoms with van der Waals surface area (Å²) >= 11 is 0. The summed E-state index contributed by atoms with van der Waals surface area (Å²) in [7, 11) is 3.26. The topological polar surface area (TPSA) is 68.8 Å². The van der Waals surface area contributed by atoms with Crippen LogP contribution in [0.5, 0.6) is 11.5 Å². The Kier molecular flexibility index (Phi) is 8.23. The zero-order chi connectivity index (χ0) is 15.5. The van der Waals surface area contributed by atoms with E-state index in [0.29, 0.717) is 25.4 Å². The van der Waals surface area contributed by atoms with E-state index in [9.17, 15) is 4.79 Å². The molecular weight excluding hydrogens is 272 g/mol. The highest BCUT2D eigenvalue weighted by Crippen LogP contribution is 2.18. The third-order valence-corrected chi connectivity index (χ3v) is 2.83. The fourth-order valence-electron chi connectivity index (χ4n) is 1.63. The molecule has 21 heavy (non-hydrogen) atoms. The van der Waals surface area contributed by atoms with Crippen molar-refractivity contribution in [3.8, 4) is 11.5 Å². The normalized spacial score (nSPS) is 11.8. The molecular formula is C15H24N2O4. The summed E-state index contributed by atoms with van der Waals surface area (Å²) in [6, 6.07) is 7.13. The number of methoxy groups -OCH3 is 2. The van der Waals surface area contributed by atoms with Gasteiger partial charge in [-0.2, -0.15) is 0 Å². The van der Waals surface area contributed by atoms with Gasteiger partial charge in [0, 0.05) is 26.7 Å². The van der Waals surface area contributed by atoms with E-state index in [4.69, 9.17) is 14.2 Å². The van der Waals surface area contributed by atoms with Gasteiger partial charge in [0.05, 0.1) is 13.7 Å². The molecule has 0 radical (unpaired) electrons. The van der Waals surface area contributed by atoms with Crippen LogP contribution < -0.4 is 20.1 Å². The smallest absolute Gasteiger partial charge is 0.260 e. The number of carbonyl (C=O) groups is 1.